The molecule has 0 spiro atoms. The van der Waals surface area contributed by atoms with E-state index in [-0.39, 0.29) is 37.0 Å². The quantitative estimate of drug-likeness (QED) is 0.379. The van der Waals surface area contributed by atoms with E-state index < -0.39 is 36.8 Å². The second-order valence-electron chi connectivity index (χ2n) is 8.33. The topological polar surface area (TPSA) is 33.7 Å². The molecule has 32 heavy (non-hydrogen) atoms. The Balaban J connectivity index is 1.29. The molecule has 1 saturated carbocycles. The first-order chi connectivity index (χ1) is 15.0. The van der Waals surface area contributed by atoms with Crippen LogP contribution in [0.2, 0.25) is 5.02 Å². The van der Waals surface area contributed by atoms with Gasteiger partial charge >= 0.3 is 6.36 Å². The van der Waals surface area contributed by atoms with Crippen molar-refractivity contribution in [1.82, 2.24) is 10.2 Å². The minimum atomic E-state index is -4.65. The van der Waals surface area contributed by atoms with Gasteiger partial charge in [0, 0.05) is 25.9 Å². The van der Waals surface area contributed by atoms with Gasteiger partial charge < -0.3 is 10.1 Å². The van der Waals surface area contributed by atoms with Crippen LogP contribution in [-0.2, 0) is 15.9 Å². The molecule has 11 heteroatoms. The summed E-state index contributed by atoms with van der Waals surface area (Å²) in [7, 11) is 0. The van der Waals surface area contributed by atoms with Crippen molar-refractivity contribution in [1.29, 1.82) is 0 Å². The molecule has 1 N–H and O–H groups in total. The van der Waals surface area contributed by atoms with Crippen LogP contribution in [0.3, 0.4) is 0 Å². The lowest BCUT2D eigenvalue weighted by molar-refractivity contribution is -0.357. The fourth-order valence-corrected chi connectivity index (χ4v) is 4.12. The van der Waals surface area contributed by atoms with Crippen molar-refractivity contribution in [3.63, 3.8) is 0 Å². The molecule has 0 bridgehead atoms. The molecular weight excluding hydrogens is 462 g/mol. The first-order valence-corrected chi connectivity index (χ1v) is 11.0. The molecule has 1 aromatic rings. The molecule has 1 aromatic carbocycles. The molecule has 1 aliphatic carbocycles. The van der Waals surface area contributed by atoms with Gasteiger partial charge in [0.15, 0.2) is 0 Å². The van der Waals surface area contributed by atoms with Crippen molar-refractivity contribution in [2.45, 2.75) is 62.6 Å². The van der Waals surface area contributed by atoms with E-state index >= 15 is 0 Å². The summed E-state index contributed by atoms with van der Waals surface area (Å²) in [4.78, 5) is 1.61. The summed E-state index contributed by atoms with van der Waals surface area (Å²) in [6.07, 6.45) is -4.12. The molecule has 182 valence electrons. The van der Waals surface area contributed by atoms with Gasteiger partial charge in [-0.05, 0) is 43.5 Å². The molecule has 2 aliphatic rings. The molecule has 1 atom stereocenters. The van der Waals surface area contributed by atoms with Crippen LogP contribution < -0.4 is 5.32 Å². The normalized spacial score (nSPS) is 26.2. The van der Waals surface area contributed by atoms with Gasteiger partial charge in [0.2, 0.25) is 0 Å². The van der Waals surface area contributed by atoms with E-state index in [1.165, 1.54) is 12.1 Å². The Labute approximate surface area is 188 Å². The van der Waals surface area contributed by atoms with Gasteiger partial charge in [-0.2, -0.15) is 0 Å². The number of aryl methyl sites for hydroxylation is 1. The Hall–Kier alpha value is -1.07. The summed E-state index contributed by atoms with van der Waals surface area (Å²) in [5.74, 6) is -3.40. The fourth-order valence-electron chi connectivity index (χ4n) is 4.00. The predicted molar refractivity (Wildman–Crippen MR) is 107 cm³/mol. The molecule has 1 saturated heterocycles. The van der Waals surface area contributed by atoms with Gasteiger partial charge in [0.25, 0.3) is 5.92 Å². The largest absolute Gasteiger partial charge is 0.522 e. The number of likely N-dealkylation sites (tertiary alicyclic amines) is 1. The van der Waals surface area contributed by atoms with Crippen LogP contribution in [-0.4, -0.2) is 68.2 Å². The number of nitrogens with one attached hydrogen (secondary N) is 1. The third-order valence-corrected chi connectivity index (χ3v) is 6.11. The molecule has 0 amide bonds. The maximum atomic E-state index is 14.5. The smallest absolute Gasteiger partial charge is 0.377 e. The lowest BCUT2D eigenvalue weighted by Crippen LogP contribution is -2.57. The maximum absolute atomic E-state index is 14.5. The molecular formula is C21H27ClF6N2O2. The number of benzene rings is 1. The van der Waals surface area contributed by atoms with E-state index in [2.05, 4.69) is 10.1 Å². The summed E-state index contributed by atoms with van der Waals surface area (Å²) in [6.45, 7) is 0.946. The Morgan fingerprint density at radius 1 is 1.19 bits per heavy atom. The van der Waals surface area contributed by atoms with Crippen molar-refractivity contribution in [3.8, 4) is 0 Å². The summed E-state index contributed by atoms with van der Waals surface area (Å²) in [5, 5.41) is 2.96. The van der Waals surface area contributed by atoms with Crippen LogP contribution in [0.5, 0.6) is 0 Å². The maximum Gasteiger partial charge on any atom is 0.522 e. The summed E-state index contributed by atoms with van der Waals surface area (Å²) < 4.78 is 88.1. The van der Waals surface area contributed by atoms with Crippen molar-refractivity contribution in [3.05, 3.63) is 34.6 Å². The molecule has 1 unspecified atom stereocenters. The lowest BCUT2D eigenvalue weighted by Gasteiger charge is -2.39. The predicted octanol–water partition coefficient (Wildman–Crippen LogP) is 4.79. The van der Waals surface area contributed by atoms with E-state index in [1.54, 1.807) is 11.0 Å². The van der Waals surface area contributed by atoms with Crippen LogP contribution in [0.25, 0.3) is 0 Å². The zero-order valence-corrected chi connectivity index (χ0v) is 18.2. The minimum Gasteiger partial charge on any atom is -0.377 e. The third-order valence-electron chi connectivity index (χ3n) is 5.81. The molecule has 2 fully saturated rings. The van der Waals surface area contributed by atoms with Crippen molar-refractivity contribution in [2.24, 2.45) is 0 Å². The van der Waals surface area contributed by atoms with E-state index in [9.17, 15) is 26.3 Å². The number of hydrogen-bond donors (Lipinski definition) is 1. The Kier molecular flexibility index (Phi) is 8.71. The number of ether oxygens (including phenoxy) is 2. The highest BCUT2D eigenvalue weighted by molar-refractivity contribution is 6.30. The van der Waals surface area contributed by atoms with E-state index in [1.807, 2.05) is 0 Å². The standard InChI is InChI=1S/C21H27ClF6N2O2/c22-17-4-3-14(10-18(17)23)2-1-6-29-19-5-7-30(13-20(19,24)25)8-9-31-15-11-16(12-15)32-21(26,27)28/h3-4,10,15-16,19,29H,1-2,5-9,11-13H2/t15-,16+,19?. The number of piperidine rings is 1. The Morgan fingerprint density at radius 2 is 1.94 bits per heavy atom. The van der Waals surface area contributed by atoms with Gasteiger partial charge in [-0.1, -0.05) is 17.7 Å². The summed E-state index contributed by atoms with van der Waals surface area (Å²) in [6, 6.07) is 3.61. The number of halogens is 7. The summed E-state index contributed by atoms with van der Waals surface area (Å²) in [5.41, 5.74) is 0.762. The van der Waals surface area contributed by atoms with Crippen LogP contribution >= 0.6 is 11.6 Å². The Morgan fingerprint density at radius 3 is 2.59 bits per heavy atom. The molecule has 3 rings (SSSR count). The van der Waals surface area contributed by atoms with Gasteiger partial charge in [-0.25, -0.2) is 13.2 Å². The average molecular weight is 489 g/mol. The van der Waals surface area contributed by atoms with Crippen molar-refractivity contribution in [2.75, 3.05) is 32.8 Å². The van der Waals surface area contributed by atoms with Gasteiger partial charge in [-0.3, -0.25) is 9.64 Å². The van der Waals surface area contributed by atoms with E-state index in [0.717, 1.165) is 5.56 Å². The van der Waals surface area contributed by atoms with E-state index in [0.29, 0.717) is 32.5 Å². The molecule has 1 heterocycles. The number of nitrogens with zero attached hydrogens (tertiary/aromatic N) is 1. The average Bonchev–Trinajstić information content (AvgIpc) is 2.65. The summed E-state index contributed by atoms with van der Waals surface area (Å²) >= 11 is 5.65. The van der Waals surface area contributed by atoms with Gasteiger partial charge in [-0.15, -0.1) is 13.2 Å². The van der Waals surface area contributed by atoms with Crippen LogP contribution in [0.1, 0.15) is 31.2 Å². The SMILES string of the molecule is Fc1cc(CCCNC2CCN(CCO[C@H]3C[C@@H](OC(F)(F)F)C3)CC2(F)F)ccc1Cl. The second-order valence-corrected chi connectivity index (χ2v) is 8.74. The zero-order chi connectivity index (χ0) is 23.4. The third kappa shape index (κ3) is 7.76. The molecule has 0 radical (unpaired) electrons. The monoisotopic (exact) mass is 488 g/mol. The highest BCUT2D eigenvalue weighted by Crippen LogP contribution is 2.32. The first kappa shape index (κ1) is 25.6. The second kappa shape index (κ2) is 10.9. The fraction of sp³-hybridized carbons (Fsp3) is 0.714. The number of hydrogen-bond acceptors (Lipinski definition) is 4. The first-order valence-electron chi connectivity index (χ1n) is 10.7. The van der Waals surface area contributed by atoms with Crippen LogP contribution in [0.15, 0.2) is 18.2 Å². The minimum absolute atomic E-state index is 0.0519. The number of rotatable bonds is 10. The molecule has 4 nitrogen and oxygen atoms in total. The lowest BCUT2D eigenvalue weighted by atomic mass is 9.92. The highest BCUT2D eigenvalue weighted by atomic mass is 35.5. The van der Waals surface area contributed by atoms with Gasteiger partial charge in [0.1, 0.15) is 5.82 Å². The van der Waals surface area contributed by atoms with E-state index in [4.69, 9.17) is 16.3 Å². The van der Waals surface area contributed by atoms with Crippen LogP contribution in [0, 0.1) is 5.82 Å². The molecule has 0 aromatic heterocycles. The Bertz CT molecular complexity index is 745. The van der Waals surface area contributed by atoms with Crippen molar-refractivity contribution >= 4 is 11.6 Å². The number of alkyl halides is 5. The van der Waals surface area contributed by atoms with Gasteiger partial charge in [0.05, 0.1) is 36.4 Å². The zero-order valence-electron chi connectivity index (χ0n) is 17.4. The van der Waals surface area contributed by atoms with Crippen LogP contribution in [0.4, 0.5) is 26.3 Å². The highest BCUT2D eigenvalue weighted by Gasteiger charge is 2.44. The van der Waals surface area contributed by atoms with Crippen molar-refractivity contribution < 1.29 is 35.8 Å². The molecule has 1 aliphatic heterocycles.